The standard InChI is InChI=1S/C18H20BrN3O2/c1-12-10-15(8-9-16(12)19)20-11-17(23)21-14-6-4-13(5-7-14)18(24)22(2)3/h4-10,20H,11H2,1-3H3,(H,21,23). The molecule has 24 heavy (non-hydrogen) atoms. The van der Waals surface area contributed by atoms with Gasteiger partial charge in [-0.25, -0.2) is 0 Å². The van der Waals surface area contributed by atoms with Crippen molar-refractivity contribution in [2.75, 3.05) is 31.3 Å². The molecule has 2 aromatic carbocycles. The van der Waals surface area contributed by atoms with Crippen molar-refractivity contribution in [2.24, 2.45) is 0 Å². The van der Waals surface area contributed by atoms with Crippen LogP contribution in [0.2, 0.25) is 0 Å². The van der Waals surface area contributed by atoms with Gasteiger partial charge in [0.25, 0.3) is 5.91 Å². The summed E-state index contributed by atoms with van der Waals surface area (Å²) in [5, 5.41) is 5.88. The van der Waals surface area contributed by atoms with Crippen molar-refractivity contribution in [3.05, 3.63) is 58.1 Å². The van der Waals surface area contributed by atoms with Crippen LogP contribution in [0.4, 0.5) is 11.4 Å². The molecular formula is C18H20BrN3O2. The molecule has 0 atom stereocenters. The number of hydrogen-bond acceptors (Lipinski definition) is 3. The molecule has 2 amide bonds. The van der Waals surface area contributed by atoms with Gasteiger partial charge in [-0.3, -0.25) is 9.59 Å². The van der Waals surface area contributed by atoms with E-state index in [1.165, 1.54) is 4.90 Å². The third kappa shape index (κ3) is 4.83. The van der Waals surface area contributed by atoms with E-state index in [9.17, 15) is 9.59 Å². The largest absolute Gasteiger partial charge is 0.376 e. The maximum Gasteiger partial charge on any atom is 0.253 e. The zero-order chi connectivity index (χ0) is 17.7. The number of anilines is 2. The second-order valence-electron chi connectivity index (χ2n) is 5.64. The molecule has 0 bridgehead atoms. The van der Waals surface area contributed by atoms with Crippen LogP contribution in [0.5, 0.6) is 0 Å². The number of nitrogens with zero attached hydrogens (tertiary/aromatic N) is 1. The molecule has 0 aliphatic rings. The van der Waals surface area contributed by atoms with Gasteiger partial charge in [0.2, 0.25) is 5.91 Å². The lowest BCUT2D eigenvalue weighted by Gasteiger charge is -2.11. The Hall–Kier alpha value is -2.34. The minimum Gasteiger partial charge on any atom is -0.376 e. The second kappa shape index (κ2) is 7.97. The summed E-state index contributed by atoms with van der Waals surface area (Å²) in [6.45, 7) is 2.16. The molecule has 0 aromatic heterocycles. The Labute approximate surface area is 150 Å². The predicted molar refractivity (Wildman–Crippen MR) is 100 cm³/mol. The number of hydrogen-bond donors (Lipinski definition) is 2. The van der Waals surface area contributed by atoms with Crippen LogP contribution in [0.1, 0.15) is 15.9 Å². The summed E-state index contributed by atoms with van der Waals surface area (Å²) in [5.74, 6) is -0.220. The number of rotatable bonds is 5. The molecule has 0 fully saturated rings. The Bertz CT molecular complexity index is 742. The van der Waals surface area contributed by atoms with Crippen molar-refractivity contribution in [3.8, 4) is 0 Å². The van der Waals surface area contributed by atoms with Crippen molar-refractivity contribution in [3.63, 3.8) is 0 Å². The molecule has 5 nitrogen and oxygen atoms in total. The van der Waals surface area contributed by atoms with E-state index >= 15 is 0 Å². The first kappa shape index (κ1) is 18.0. The SMILES string of the molecule is Cc1cc(NCC(=O)Nc2ccc(C(=O)N(C)C)cc2)ccc1Br. The normalized spacial score (nSPS) is 10.2. The van der Waals surface area contributed by atoms with Crippen LogP contribution in [0.3, 0.4) is 0 Å². The van der Waals surface area contributed by atoms with E-state index in [4.69, 9.17) is 0 Å². The van der Waals surface area contributed by atoms with E-state index in [2.05, 4.69) is 26.6 Å². The van der Waals surface area contributed by atoms with Gasteiger partial charge in [-0.1, -0.05) is 15.9 Å². The molecule has 0 saturated heterocycles. The Balaban J connectivity index is 1.90. The summed E-state index contributed by atoms with van der Waals surface area (Å²) in [5.41, 5.74) is 3.23. The number of aryl methyl sites for hydroxylation is 1. The molecule has 2 rings (SSSR count). The topological polar surface area (TPSA) is 61.4 Å². The molecule has 2 N–H and O–H groups in total. The Morgan fingerprint density at radius 2 is 1.67 bits per heavy atom. The zero-order valence-electron chi connectivity index (χ0n) is 13.9. The minimum atomic E-state index is -0.151. The first-order valence-electron chi connectivity index (χ1n) is 7.48. The van der Waals surface area contributed by atoms with Gasteiger partial charge in [-0.2, -0.15) is 0 Å². The summed E-state index contributed by atoms with van der Waals surface area (Å²) in [6, 6.07) is 12.7. The van der Waals surface area contributed by atoms with E-state index in [0.717, 1.165) is 15.7 Å². The van der Waals surface area contributed by atoms with Crippen molar-refractivity contribution >= 4 is 39.1 Å². The third-order valence-corrected chi connectivity index (χ3v) is 4.32. The summed E-state index contributed by atoms with van der Waals surface area (Å²) in [4.78, 5) is 25.3. The van der Waals surface area contributed by atoms with E-state index in [1.807, 2.05) is 25.1 Å². The number of carbonyl (C=O) groups excluding carboxylic acids is 2. The molecule has 0 saturated carbocycles. The summed E-state index contributed by atoms with van der Waals surface area (Å²) in [6.07, 6.45) is 0. The van der Waals surface area contributed by atoms with Crippen LogP contribution in [0.15, 0.2) is 46.9 Å². The fourth-order valence-electron chi connectivity index (χ4n) is 2.10. The third-order valence-electron chi connectivity index (χ3n) is 3.43. The molecule has 0 radical (unpaired) electrons. The fourth-order valence-corrected chi connectivity index (χ4v) is 2.34. The number of carbonyl (C=O) groups is 2. The van der Waals surface area contributed by atoms with Crippen molar-refractivity contribution < 1.29 is 9.59 Å². The second-order valence-corrected chi connectivity index (χ2v) is 6.50. The maximum absolute atomic E-state index is 12.0. The zero-order valence-corrected chi connectivity index (χ0v) is 15.5. The van der Waals surface area contributed by atoms with E-state index in [-0.39, 0.29) is 18.4 Å². The van der Waals surface area contributed by atoms with Gasteiger partial charge in [-0.15, -0.1) is 0 Å². The average Bonchev–Trinajstić information content (AvgIpc) is 2.56. The molecule has 0 heterocycles. The smallest absolute Gasteiger partial charge is 0.253 e. The average molecular weight is 390 g/mol. The molecule has 0 unspecified atom stereocenters. The van der Waals surface area contributed by atoms with Gasteiger partial charge in [0.05, 0.1) is 6.54 Å². The van der Waals surface area contributed by atoms with Crippen LogP contribution in [0.25, 0.3) is 0 Å². The van der Waals surface area contributed by atoms with E-state index in [0.29, 0.717) is 11.3 Å². The monoisotopic (exact) mass is 389 g/mol. The van der Waals surface area contributed by atoms with Gasteiger partial charge in [-0.05, 0) is 55.0 Å². The lowest BCUT2D eigenvalue weighted by Crippen LogP contribution is -2.23. The minimum absolute atomic E-state index is 0.0693. The highest BCUT2D eigenvalue weighted by atomic mass is 79.9. The van der Waals surface area contributed by atoms with Crippen LogP contribution in [-0.2, 0) is 4.79 Å². The number of nitrogens with one attached hydrogen (secondary N) is 2. The highest BCUT2D eigenvalue weighted by Crippen LogP contribution is 2.19. The molecule has 0 aliphatic heterocycles. The van der Waals surface area contributed by atoms with E-state index in [1.54, 1.807) is 38.4 Å². The molecule has 0 aliphatic carbocycles. The Kier molecular flexibility index (Phi) is 5.98. The fraction of sp³-hybridized carbons (Fsp3) is 0.222. The Morgan fingerprint density at radius 3 is 2.25 bits per heavy atom. The van der Waals surface area contributed by atoms with Gasteiger partial charge in [0.15, 0.2) is 0 Å². The summed E-state index contributed by atoms with van der Waals surface area (Å²) >= 11 is 3.44. The molecule has 6 heteroatoms. The van der Waals surface area contributed by atoms with Gasteiger partial charge in [0, 0.05) is 35.5 Å². The summed E-state index contributed by atoms with van der Waals surface area (Å²) in [7, 11) is 3.40. The lowest BCUT2D eigenvalue weighted by atomic mass is 10.2. The van der Waals surface area contributed by atoms with Gasteiger partial charge >= 0.3 is 0 Å². The van der Waals surface area contributed by atoms with Crippen LogP contribution in [0, 0.1) is 6.92 Å². The van der Waals surface area contributed by atoms with Crippen molar-refractivity contribution in [1.29, 1.82) is 0 Å². The maximum atomic E-state index is 12.0. The number of halogens is 1. The highest BCUT2D eigenvalue weighted by Gasteiger charge is 2.08. The van der Waals surface area contributed by atoms with Gasteiger partial charge < -0.3 is 15.5 Å². The molecule has 2 aromatic rings. The molecule has 126 valence electrons. The first-order valence-corrected chi connectivity index (χ1v) is 8.27. The quantitative estimate of drug-likeness (QED) is 0.822. The molecular weight excluding hydrogens is 370 g/mol. The van der Waals surface area contributed by atoms with Gasteiger partial charge in [0.1, 0.15) is 0 Å². The summed E-state index contributed by atoms with van der Waals surface area (Å²) < 4.78 is 1.03. The van der Waals surface area contributed by atoms with Crippen LogP contribution in [-0.4, -0.2) is 37.4 Å². The number of benzene rings is 2. The van der Waals surface area contributed by atoms with Crippen LogP contribution >= 0.6 is 15.9 Å². The van der Waals surface area contributed by atoms with Crippen LogP contribution < -0.4 is 10.6 Å². The first-order chi connectivity index (χ1) is 11.4. The lowest BCUT2D eigenvalue weighted by molar-refractivity contribution is -0.114. The molecule has 0 spiro atoms. The Morgan fingerprint density at radius 1 is 1.04 bits per heavy atom. The van der Waals surface area contributed by atoms with Crippen molar-refractivity contribution in [2.45, 2.75) is 6.92 Å². The highest BCUT2D eigenvalue weighted by molar-refractivity contribution is 9.10. The number of amides is 2. The van der Waals surface area contributed by atoms with Crippen molar-refractivity contribution in [1.82, 2.24) is 4.90 Å². The predicted octanol–water partition coefficient (Wildman–Crippen LogP) is 3.51. The van der Waals surface area contributed by atoms with E-state index < -0.39 is 0 Å².